The van der Waals surface area contributed by atoms with Gasteiger partial charge >= 0.3 is 6.18 Å². The van der Waals surface area contributed by atoms with Gasteiger partial charge in [0.25, 0.3) is 0 Å². The van der Waals surface area contributed by atoms with Gasteiger partial charge in [-0.3, -0.25) is 4.79 Å². The second kappa shape index (κ2) is 7.72. The summed E-state index contributed by atoms with van der Waals surface area (Å²) in [5, 5.41) is 2.47. The summed E-state index contributed by atoms with van der Waals surface area (Å²) in [7, 11) is 0. The zero-order valence-corrected chi connectivity index (χ0v) is 14.8. The topological polar surface area (TPSA) is 45.2 Å². The van der Waals surface area contributed by atoms with Crippen LogP contribution in [0.4, 0.5) is 29.1 Å². The highest BCUT2D eigenvalue weighted by Crippen LogP contribution is 2.30. The quantitative estimate of drug-likeness (QED) is 0.755. The number of anilines is 2. The molecular weight excluding hydrogens is 386 g/mol. The number of hydrogen-bond acceptors (Lipinski definition) is 3. The third-order valence-electron chi connectivity index (χ3n) is 4.47. The van der Waals surface area contributed by atoms with Crippen LogP contribution in [0.5, 0.6) is 0 Å². The Kier molecular flexibility index (Phi) is 5.55. The van der Waals surface area contributed by atoms with Crippen LogP contribution in [0, 0.1) is 11.7 Å². The highest BCUT2D eigenvalue weighted by Gasteiger charge is 2.31. The second-order valence-corrected chi connectivity index (χ2v) is 6.66. The lowest BCUT2D eigenvalue weighted by Gasteiger charge is -2.32. The Morgan fingerprint density at radius 3 is 2.48 bits per heavy atom. The fourth-order valence-electron chi connectivity index (χ4n) is 2.95. The van der Waals surface area contributed by atoms with Gasteiger partial charge in [0.15, 0.2) is 5.82 Å². The van der Waals surface area contributed by atoms with Crippen LogP contribution in [0.1, 0.15) is 18.4 Å². The predicted molar refractivity (Wildman–Crippen MR) is 94.2 cm³/mol. The average Bonchev–Trinajstić information content (AvgIpc) is 2.65. The summed E-state index contributed by atoms with van der Waals surface area (Å²) in [6.07, 6.45) is -2.66. The van der Waals surface area contributed by atoms with E-state index in [-0.39, 0.29) is 22.5 Å². The molecule has 0 unspecified atom stereocenters. The monoisotopic (exact) mass is 401 g/mol. The van der Waals surface area contributed by atoms with Gasteiger partial charge in [-0.15, -0.1) is 0 Å². The summed E-state index contributed by atoms with van der Waals surface area (Å²) in [5.74, 6) is -0.882. The van der Waals surface area contributed by atoms with Crippen LogP contribution in [0.3, 0.4) is 0 Å². The van der Waals surface area contributed by atoms with E-state index in [0.717, 1.165) is 12.3 Å². The molecule has 0 radical (unpaired) electrons. The lowest BCUT2D eigenvalue weighted by atomic mass is 9.95. The van der Waals surface area contributed by atoms with Crippen molar-refractivity contribution in [3.8, 4) is 0 Å². The second-order valence-electron chi connectivity index (χ2n) is 6.25. The molecule has 0 bridgehead atoms. The summed E-state index contributed by atoms with van der Waals surface area (Å²) in [5.41, 5.74) is -0.775. The van der Waals surface area contributed by atoms with E-state index in [1.807, 2.05) is 4.90 Å². The maximum atomic E-state index is 13.9. The van der Waals surface area contributed by atoms with E-state index >= 15 is 0 Å². The van der Waals surface area contributed by atoms with Crippen LogP contribution in [0.15, 0.2) is 36.5 Å². The van der Waals surface area contributed by atoms with E-state index in [1.54, 1.807) is 6.07 Å². The molecule has 2 heterocycles. The number of carbonyl (C=O) groups excluding carboxylic acids is 1. The number of benzene rings is 1. The zero-order valence-electron chi connectivity index (χ0n) is 14.1. The number of nitrogens with one attached hydrogen (secondary N) is 1. The first kappa shape index (κ1) is 19.4. The van der Waals surface area contributed by atoms with E-state index in [2.05, 4.69) is 10.3 Å². The molecule has 1 aromatic carbocycles. The Bertz CT molecular complexity index is 818. The minimum Gasteiger partial charge on any atom is -0.357 e. The van der Waals surface area contributed by atoms with Crippen molar-refractivity contribution in [2.24, 2.45) is 5.92 Å². The summed E-state index contributed by atoms with van der Waals surface area (Å²) in [6, 6.07) is 6.68. The van der Waals surface area contributed by atoms with E-state index in [1.165, 1.54) is 18.2 Å². The minimum atomic E-state index is -4.42. The Hall–Kier alpha value is -2.35. The lowest BCUT2D eigenvalue weighted by Crippen LogP contribution is -2.38. The van der Waals surface area contributed by atoms with Crippen molar-refractivity contribution in [1.29, 1.82) is 0 Å². The summed E-state index contributed by atoms with van der Waals surface area (Å²) < 4.78 is 51.7. The number of carbonyl (C=O) groups is 1. The molecule has 1 saturated heterocycles. The Morgan fingerprint density at radius 1 is 1.19 bits per heavy atom. The van der Waals surface area contributed by atoms with Gasteiger partial charge in [0, 0.05) is 25.2 Å². The number of halogens is 5. The highest BCUT2D eigenvalue weighted by molar-refractivity contribution is 6.31. The van der Waals surface area contributed by atoms with Crippen LogP contribution < -0.4 is 10.2 Å². The third kappa shape index (κ3) is 4.50. The van der Waals surface area contributed by atoms with Crippen molar-refractivity contribution in [3.05, 3.63) is 52.9 Å². The first-order chi connectivity index (χ1) is 12.8. The van der Waals surface area contributed by atoms with Gasteiger partial charge in [0.1, 0.15) is 5.82 Å². The number of alkyl halides is 3. The summed E-state index contributed by atoms with van der Waals surface area (Å²) in [4.78, 5) is 18.0. The first-order valence-corrected chi connectivity index (χ1v) is 8.66. The van der Waals surface area contributed by atoms with Gasteiger partial charge in [0.2, 0.25) is 5.91 Å². The SMILES string of the molecule is O=C(Nc1cccc(Cl)c1F)C1CCN(c2ccc(C(F)(F)F)cn2)CC1. The van der Waals surface area contributed by atoms with Crippen molar-refractivity contribution < 1.29 is 22.4 Å². The number of hydrogen-bond donors (Lipinski definition) is 1. The van der Waals surface area contributed by atoms with Gasteiger partial charge in [0.05, 0.1) is 16.3 Å². The number of piperidine rings is 1. The summed E-state index contributed by atoms with van der Waals surface area (Å²) >= 11 is 5.70. The lowest BCUT2D eigenvalue weighted by molar-refractivity contribution is -0.137. The molecule has 1 amide bonds. The van der Waals surface area contributed by atoms with Crippen LogP contribution >= 0.6 is 11.6 Å². The molecule has 27 heavy (non-hydrogen) atoms. The molecule has 3 rings (SSSR count). The minimum absolute atomic E-state index is 0.0272. The van der Waals surface area contributed by atoms with Crippen LogP contribution in [0.25, 0.3) is 0 Å². The molecule has 1 N–H and O–H groups in total. The number of amides is 1. The zero-order chi connectivity index (χ0) is 19.6. The maximum Gasteiger partial charge on any atom is 0.417 e. The molecule has 9 heteroatoms. The van der Waals surface area contributed by atoms with Crippen molar-refractivity contribution >= 4 is 29.0 Å². The van der Waals surface area contributed by atoms with Gasteiger partial charge < -0.3 is 10.2 Å². The van der Waals surface area contributed by atoms with Crippen molar-refractivity contribution in [2.45, 2.75) is 19.0 Å². The van der Waals surface area contributed by atoms with E-state index in [0.29, 0.717) is 31.7 Å². The Balaban J connectivity index is 1.58. The van der Waals surface area contributed by atoms with E-state index in [9.17, 15) is 22.4 Å². The molecule has 2 aromatic rings. The molecular formula is C18H16ClF4N3O. The van der Waals surface area contributed by atoms with Gasteiger partial charge in [-0.1, -0.05) is 17.7 Å². The van der Waals surface area contributed by atoms with Gasteiger partial charge in [-0.25, -0.2) is 9.37 Å². The maximum absolute atomic E-state index is 13.9. The number of rotatable bonds is 3. The highest BCUT2D eigenvalue weighted by atomic mass is 35.5. The molecule has 1 fully saturated rings. The normalized spacial score (nSPS) is 15.7. The summed E-state index contributed by atoms with van der Waals surface area (Å²) in [6.45, 7) is 0.933. The van der Waals surface area contributed by atoms with Crippen molar-refractivity contribution in [2.75, 3.05) is 23.3 Å². The number of aromatic nitrogens is 1. The molecule has 0 saturated carbocycles. The molecule has 4 nitrogen and oxygen atoms in total. The fraction of sp³-hybridized carbons (Fsp3) is 0.333. The van der Waals surface area contributed by atoms with E-state index < -0.39 is 17.6 Å². The molecule has 0 atom stereocenters. The molecule has 1 aliphatic rings. The first-order valence-electron chi connectivity index (χ1n) is 8.29. The fourth-order valence-corrected chi connectivity index (χ4v) is 3.12. The molecule has 1 aliphatic heterocycles. The third-order valence-corrected chi connectivity index (χ3v) is 4.77. The molecule has 0 spiro atoms. The predicted octanol–water partition coefficient (Wildman–Crippen LogP) is 4.75. The Morgan fingerprint density at radius 2 is 1.89 bits per heavy atom. The van der Waals surface area contributed by atoms with Crippen LogP contribution in [-0.4, -0.2) is 24.0 Å². The van der Waals surface area contributed by atoms with Gasteiger partial charge in [-0.05, 0) is 37.1 Å². The molecule has 0 aliphatic carbocycles. The van der Waals surface area contributed by atoms with Crippen LogP contribution in [-0.2, 0) is 11.0 Å². The Labute approximate surface area is 158 Å². The largest absolute Gasteiger partial charge is 0.417 e. The van der Waals surface area contributed by atoms with Gasteiger partial charge in [-0.2, -0.15) is 13.2 Å². The standard InChI is InChI=1S/C18H16ClF4N3O/c19-13-2-1-3-14(16(13)20)25-17(27)11-6-8-26(9-7-11)15-5-4-12(10-24-15)18(21,22)23/h1-5,10-11H,6-9H2,(H,25,27). The van der Waals surface area contributed by atoms with Crippen LogP contribution in [0.2, 0.25) is 5.02 Å². The smallest absolute Gasteiger partial charge is 0.357 e. The molecule has 1 aromatic heterocycles. The number of pyridine rings is 1. The number of nitrogens with zero attached hydrogens (tertiary/aromatic N) is 2. The average molecular weight is 402 g/mol. The van der Waals surface area contributed by atoms with Crippen molar-refractivity contribution in [1.82, 2.24) is 4.98 Å². The van der Waals surface area contributed by atoms with Crippen molar-refractivity contribution in [3.63, 3.8) is 0 Å². The molecule has 144 valence electrons. The van der Waals surface area contributed by atoms with E-state index in [4.69, 9.17) is 11.6 Å².